The van der Waals surface area contributed by atoms with Crippen LogP contribution in [0.2, 0.25) is 0 Å². The van der Waals surface area contributed by atoms with Gasteiger partial charge in [-0.25, -0.2) is 0 Å². The molecule has 1 rings (SSSR count). The van der Waals surface area contributed by atoms with Crippen LogP contribution in [-0.4, -0.2) is 36.6 Å². The fourth-order valence-electron chi connectivity index (χ4n) is 1.29. The fourth-order valence-corrected chi connectivity index (χ4v) is 1.29. The van der Waals surface area contributed by atoms with E-state index in [0.717, 1.165) is 13.1 Å². The van der Waals surface area contributed by atoms with E-state index in [4.69, 9.17) is 4.74 Å². The van der Waals surface area contributed by atoms with Crippen molar-refractivity contribution in [3.8, 4) is 0 Å². The van der Waals surface area contributed by atoms with Gasteiger partial charge in [0, 0.05) is 20.2 Å². The predicted molar refractivity (Wildman–Crippen MR) is 38.4 cm³/mol. The van der Waals surface area contributed by atoms with Gasteiger partial charge >= 0.3 is 0 Å². The molecule has 0 amide bonds. The smallest absolute Gasteiger partial charge is 0.215 e. The van der Waals surface area contributed by atoms with Gasteiger partial charge in [-0.05, 0) is 12.8 Å². The largest absolute Gasteiger partial charge is 0.356 e. The van der Waals surface area contributed by atoms with E-state index in [2.05, 4.69) is 0 Å². The molecule has 1 saturated heterocycles. The lowest BCUT2D eigenvalue weighted by molar-refractivity contribution is -0.180. The van der Waals surface area contributed by atoms with E-state index in [0.29, 0.717) is 0 Å². The van der Waals surface area contributed by atoms with Crippen LogP contribution in [-0.2, 0) is 4.74 Å². The molecule has 1 N–H and O–H groups in total. The molecule has 1 unspecified atom stereocenters. The van der Waals surface area contributed by atoms with E-state index in [-0.39, 0.29) is 0 Å². The lowest BCUT2D eigenvalue weighted by Crippen LogP contribution is -2.40. The molecule has 3 nitrogen and oxygen atoms in total. The molecule has 60 valence electrons. The minimum absolute atomic E-state index is 0.680. The molecule has 0 bridgehead atoms. The summed E-state index contributed by atoms with van der Waals surface area (Å²) in [5.41, 5.74) is 0. The zero-order valence-electron chi connectivity index (χ0n) is 6.42. The van der Waals surface area contributed by atoms with E-state index < -0.39 is 6.41 Å². The first kappa shape index (κ1) is 7.98. The van der Waals surface area contributed by atoms with E-state index in [1.807, 2.05) is 4.90 Å². The Balaban J connectivity index is 2.24. The van der Waals surface area contributed by atoms with E-state index in [1.165, 1.54) is 26.4 Å². The highest BCUT2D eigenvalue weighted by molar-refractivity contribution is 4.62. The minimum atomic E-state index is -0.680. The summed E-state index contributed by atoms with van der Waals surface area (Å²) in [7, 11) is 1.53. The van der Waals surface area contributed by atoms with Crippen molar-refractivity contribution >= 4 is 0 Å². The third-order valence-electron chi connectivity index (χ3n) is 1.91. The lowest BCUT2D eigenvalue weighted by atomic mass is 10.1. The first-order valence-corrected chi connectivity index (χ1v) is 3.79. The third-order valence-corrected chi connectivity index (χ3v) is 1.91. The van der Waals surface area contributed by atoms with Crippen molar-refractivity contribution in [2.45, 2.75) is 25.7 Å². The minimum Gasteiger partial charge on any atom is -0.356 e. The topological polar surface area (TPSA) is 32.7 Å². The van der Waals surface area contributed by atoms with Gasteiger partial charge in [-0.2, -0.15) is 0 Å². The van der Waals surface area contributed by atoms with Gasteiger partial charge in [0.25, 0.3) is 0 Å². The maximum Gasteiger partial charge on any atom is 0.215 e. The number of piperidine rings is 1. The van der Waals surface area contributed by atoms with Gasteiger partial charge in [0.1, 0.15) is 0 Å². The summed E-state index contributed by atoms with van der Waals surface area (Å²) in [5.74, 6) is 0. The second kappa shape index (κ2) is 3.91. The Morgan fingerprint density at radius 1 is 1.30 bits per heavy atom. The monoisotopic (exact) mass is 145 g/mol. The molecule has 3 heteroatoms. The van der Waals surface area contributed by atoms with Crippen LogP contribution in [0.3, 0.4) is 0 Å². The zero-order chi connectivity index (χ0) is 7.40. The van der Waals surface area contributed by atoms with Crippen molar-refractivity contribution in [1.29, 1.82) is 0 Å². The molecule has 0 aromatic heterocycles. The summed E-state index contributed by atoms with van der Waals surface area (Å²) < 4.78 is 4.77. The molecular formula is C7H15NO2. The Morgan fingerprint density at radius 3 is 2.40 bits per heavy atom. The summed E-state index contributed by atoms with van der Waals surface area (Å²) in [6, 6.07) is 0. The van der Waals surface area contributed by atoms with E-state index in [1.54, 1.807) is 0 Å². The molecule has 1 heterocycles. The number of ether oxygens (including phenoxy) is 1. The highest BCUT2D eigenvalue weighted by Crippen LogP contribution is 2.10. The van der Waals surface area contributed by atoms with Crippen molar-refractivity contribution in [1.82, 2.24) is 4.90 Å². The maximum absolute atomic E-state index is 9.19. The number of hydrogen-bond donors (Lipinski definition) is 1. The molecule has 0 spiro atoms. The van der Waals surface area contributed by atoms with Crippen LogP contribution in [0.4, 0.5) is 0 Å². The summed E-state index contributed by atoms with van der Waals surface area (Å²) in [6.45, 7) is 1.93. The van der Waals surface area contributed by atoms with E-state index in [9.17, 15) is 5.11 Å². The first-order valence-electron chi connectivity index (χ1n) is 3.79. The lowest BCUT2D eigenvalue weighted by Gasteiger charge is -2.29. The Morgan fingerprint density at radius 2 is 1.90 bits per heavy atom. The molecule has 1 atom stereocenters. The van der Waals surface area contributed by atoms with Crippen LogP contribution >= 0.6 is 0 Å². The number of rotatable bonds is 2. The number of aliphatic hydroxyl groups excluding tert-OH is 1. The third kappa shape index (κ3) is 1.94. The maximum atomic E-state index is 9.19. The number of methoxy groups -OCH3 is 1. The van der Waals surface area contributed by atoms with E-state index >= 15 is 0 Å². The second-order valence-electron chi connectivity index (χ2n) is 2.66. The Kier molecular flexibility index (Phi) is 3.12. The van der Waals surface area contributed by atoms with Crippen molar-refractivity contribution < 1.29 is 9.84 Å². The average molecular weight is 145 g/mol. The van der Waals surface area contributed by atoms with Gasteiger partial charge < -0.3 is 9.84 Å². The molecule has 0 radical (unpaired) electrons. The first-order chi connectivity index (χ1) is 4.84. The Bertz CT molecular complexity index is 91.6. The number of nitrogens with zero attached hydrogens (tertiary/aromatic N) is 1. The molecule has 1 aliphatic heterocycles. The summed E-state index contributed by atoms with van der Waals surface area (Å²) >= 11 is 0. The highest BCUT2D eigenvalue weighted by Gasteiger charge is 2.16. The molecule has 10 heavy (non-hydrogen) atoms. The van der Waals surface area contributed by atoms with Crippen LogP contribution in [0.5, 0.6) is 0 Å². The summed E-state index contributed by atoms with van der Waals surface area (Å²) in [4.78, 5) is 1.95. The summed E-state index contributed by atoms with van der Waals surface area (Å²) in [5, 5.41) is 9.19. The quantitative estimate of drug-likeness (QED) is 0.571. The van der Waals surface area contributed by atoms with Crippen molar-refractivity contribution in [2.75, 3.05) is 20.2 Å². The molecule has 0 saturated carbocycles. The molecule has 0 aromatic rings. The van der Waals surface area contributed by atoms with Crippen LogP contribution in [0.25, 0.3) is 0 Å². The Hall–Kier alpha value is -0.120. The summed E-state index contributed by atoms with van der Waals surface area (Å²) in [6.07, 6.45) is 2.97. The van der Waals surface area contributed by atoms with Gasteiger partial charge in [-0.15, -0.1) is 0 Å². The fraction of sp³-hybridized carbons (Fsp3) is 1.00. The number of aliphatic hydroxyl groups is 1. The van der Waals surface area contributed by atoms with Crippen LogP contribution in [0.1, 0.15) is 19.3 Å². The van der Waals surface area contributed by atoms with Crippen LogP contribution in [0.15, 0.2) is 0 Å². The standard InChI is InChI=1S/C7H15NO2/c1-10-7(9)8-5-3-2-4-6-8/h7,9H,2-6H2,1H3. The Labute approximate surface area is 61.6 Å². The predicted octanol–water partition coefficient (Wildman–Crippen LogP) is 0.395. The zero-order valence-corrected chi connectivity index (χ0v) is 6.42. The average Bonchev–Trinajstić information content (AvgIpc) is 2.05. The second-order valence-corrected chi connectivity index (χ2v) is 2.66. The molecule has 0 aromatic carbocycles. The molecular weight excluding hydrogens is 130 g/mol. The molecule has 0 aliphatic carbocycles. The van der Waals surface area contributed by atoms with Gasteiger partial charge in [0.05, 0.1) is 0 Å². The van der Waals surface area contributed by atoms with Gasteiger partial charge in [0.2, 0.25) is 6.41 Å². The highest BCUT2D eigenvalue weighted by atomic mass is 16.6. The van der Waals surface area contributed by atoms with Crippen molar-refractivity contribution in [3.05, 3.63) is 0 Å². The van der Waals surface area contributed by atoms with Gasteiger partial charge in [0.15, 0.2) is 0 Å². The number of hydrogen-bond acceptors (Lipinski definition) is 3. The van der Waals surface area contributed by atoms with Gasteiger partial charge in [-0.3, -0.25) is 4.90 Å². The molecule has 1 aliphatic rings. The SMILES string of the molecule is COC(O)N1CCCCC1. The number of likely N-dealkylation sites (tertiary alicyclic amines) is 1. The van der Waals surface area contributed by atoms with Gasteiger partial charge in [-0.1, -0.05) is 6.42 Å². The van der Waals surface area contributed by atoms with Crippen LogP contribution < -0.4 is 0 Å². The molecule has 1 fully saturated rings. The normalized spacial score (nSPS) is 24.6. The van der Waals surface area contributed by atoms with Crippen molar-refractivity contribution in [2.24, 2.45) is 0 Å². The van der Waals surface area contributed by atoms with Crippen LogP contribution in [0, 0.1) is 0 Å². The van der Waals surface area contributed by atoms with Crippen molar-refractivity contribution in [3.63, 3.8) is 0 Å².